The van der Waals surface area contributed by atoms with Crippen LogP contribution in [0, 0.1) is 0 Å². The topological polar surface area (TPSA) is 51.2 Å². The van der Waals surface area contributed by atoms with E-state index in [2.05, 4.69) is 10.3 Å². The van der Waals surface area contributed by atoms with Crippen molar-refractivity contribution in [2.45, 2.75) is 13.3 Å². The molecule has 0 unspecified atom stereocenters. The van der Waals surface area contributed by atoms with Gasteiger partial charge in [-0.2, -0.15) is 0 Å². The molecule has 0 aliphatic heterocycles. The van der Waals surface area contributed by atoms with Crippen LogP contribution in [0.1, 0.15) is 23.7 Å². The lowest BCUT2D eigenvalue weighted by Gasteiger charge is -2.06. The fourth-order valence-electron chi connectivity index (χ4n) is 2.11. The number of amides is 1. The Kier molecular flexibility index (Phi) is 5.23. The molecule has 0 bridgehead atoms. The molecule has 0 aliphatic rings. The van der Waals surface area contributed by atoms with E-state index in [9.17, 15) is 4.79 Å². The van der Waals surface area contributed by atoms with E-state index in [1.807, 2.05) is 19.1 Å². The first-order valence-electron chi connectivity index (χ1n) is 7.37. The molecule has 24 heavy (non-hydrogen) atoms. The maximum atomic E-state index is 12.4. The van der Waals surface area contributed by atoms with Gasteiger partial charge >= 0.3 is 0 Å². The van der Waals surface area contributed by atoms with Gasteiger partial charge in [-0.15, -0.1) is 0 Å². The van der Waals surface area contributed by atoms with Crippen LogP contribution in [0.25, 0.3) is 10.2 Å². The van der Waals surface area contributed by atoms with Crippen molar-refractivity contribution in [3.8, 4) is 5.75 Å². The van der Waals surface area contributed by atoms with Crippen molar-refractivity contribution in [3.63, 3.8) is 0 Å². The third kappa shape index (κ3) is 3.64. The van der Waals surface area contributed by atoms with Crippen molar-refractivity contribution in [1.82, 2.24) is 4.98 Å². The number of carbonyl (C=O) groups excluding carboxylic acids is 1. The van der Waals surface area contributed by atoms with Gasteiger partial charge in [0.2, 0.25) is 0 Å². The molecule has 1 N–H and O–H groups in total. The molecule has 0 spiro atoms. The monoisotopic (exact) mass is 380 g/mol. The Morgan fingerprint density at radius 3 is 2.92 bits per heavy atom. The second-order valence-electron chi connectivity index (χ2n) is 5.06. The number of thiazole rings is 1. The number of benzene rings is 2. The zero-order chi connectivity index (χ0) is 17.1. The number of carbonyl (C=O) groups is 1. The Hall–Kier alpha value is -1.82. The van der Waals surface area contributed by atoms with Crippen molar-refractivity contribution in [2.75, 3.05) is 11.9 Å². The normalized spacial score (nSPS) is 10.8. The highest BCUT2D eigenvalue weighted by atomic mass is 35.5. The molecule has 2 aromatic carbocycles. The number of aromatic nitrogens is 1. The van der Waals surface area contributed by atoms with Gasteiger partial charge in [0.1, 0.15) is 11.3 Å². The van der Waals surface area contributed by atoms with Crippen LogP contribution in [0.2, 0.25) is 10.0 Å². The van der Waals surface area contributed by atoms with Gasteiger partial charge in [-0.3, -0.25) is 10.1 Å². The Labute approximate surface area is 153 Å². The minimum Gasteiger partial charge on any atom is -0.494 e. The molecule has 1 heterocycles. The van der Waals surface area contributed by atoms with E-state index in [0.717, 1.165) is 11.1 Å². The summed E-state index contributed by atoms with van der Waals surface area (Å²) < 4.78 is 6.41. The molecule has 0 atom stereocenters. The number of anilines is 1. The fourth-order valence-corrected chi connectivity index (χ4v) is 3.39. The van der Waals surface area contributed by atoms with Crippen LogP contribution in [0.3, 0.4) is 0 Å². The van der Waals surface area contributed by atoms with E-state index in [1.54, 1.807) is 24.3 Å². The van der Waals surface area contributed by atoms with E-state index >= 15 is 0 Å². The lowest BCUT2D eigenvalue weighted by molar-refractivity contribution is 0.102. The third-order valence-electron chi connectivity index (χ3n) is 3.24. The van der Waals surface area contributed by atoms with Crippen molar-refractivity contribution in [2.24, 2.45) is 0 Å². The zero-order valence-corrected chi connectivity index (χ0v) is 15.1. The molecule has 0 fully saturated rings. The zero-order valence-electron chi connectivity index (χ0n) is 12.8. The third-order valence-corrected chi connectivity index (χ3v) is 4.97. The highest BCUT2D eigenvalue weighted by Gasteiger charge is 2.13. The van der Waals surface area contributed by atoms with Crippen molar-refractivity contribution in [3.05, 3.63) is 52.0 Å². The summed E-state index contributed by atoms with van der Waals surface area (Å²) >= 11 is 13.5. The van der Waals surface area contributed by atoms with Gasteiger partial charge in [0.25, 0.3) is 5.91 Å². The second-order valence-corrected chi connectivity index (χ2v) is 6.87. The summed E-state index contributed by atoms with van der Waals surface area (Å²) in [5.41, 5.74) is 1.09. The summed E-state index contributed by atoms with van der Waals surface area (Å²) in [5.74, 6) is 0.418. The van der Waals surface area contributed by atoms with Crippen molar-refractivity contribution >= 4 is 55.8 Å². The number of rotatable bonds is 5. The van der Waals surface area contributed by atoms with Crippen LogP contribution < -0.4 is 10.1 Å². The lowest BCUT2D eigenvalue weighted by atomic mass is 10.2. The maximum absolute atomic E-state index is 12.4. The molecule has 1 amide bonds. The van der Waals surface area contributed by atoms with Crippen LogP contribution in [0.15, 0.2) is 36.4 Å². The molecule has 0 aliphatic carbocycles. The van der Waals surface area contributed by atoms with Gasteiger partial charge in [-0.1, -0.05) is 47.5 Å². The summed E-state index contributed by atoms with van der Waals surface area (Å²) in [4.78, 5) is 16.8. The van der Waals surface area contributed by atoms with Gasteiger partial charge in [0.05, 0.1) is 21.4 Å². The smallest absolute Gasteiger partial charge is 0.257 e. The molecule has 4 nitrogen and oxygen atoms in total. The standard InChI is InChI=1S/C17H14Cl2N2O2S/c1-2-8-23-11-5-3-4-10(9-11)16(22)21-17-20-15-13(24-17)7-6-12(18)14(15)19/h3-7,9H,2,8H2,1H3,(H,20,21,22). The average Bonchev–Trinajstić information content (AvgIpc) is 3.00. The van der Waals surface area contributed by atoms with E-state index in [0.29, 0.717) is 38.6 Å². The Morgan fingerprint density at radius 2 is 2.12 bits per heavy atom. The van der Waals surface area contributed by atoms with Crippen molar-refractivity contribution in [1.29, 1.82) is 0 Å². The first kappa shape index (κ1) is 17.0. The number of hydrogen-bond acceptors (Lipinski definition) is 4. The van der Waals surface area contributed by atoms with Gasteiger partial charge < -0.3 is 4.74 Å². The van der Waals surface area contributed by atoms with E-state index in [4.69, 9.17) is 27.9 Å². The molecule has 3 rings (SSSR count). The maximum Gasteiger partial charge on any atom is 0.257 e. The van der Waals surface area contributed by atoms with Gasteiger partial charge in [0.15, 0.2) is 5.13 Å². The van der Waals surface area contributed by atoms with Crippen LogP contribution in [0.4, 0.5) is 5.13 Å². The van der Waals surface area contributed by atoms with E-state index in [-0.39, 0.29) is 5.91 Å². The number of ether oxygens (including phenoxy) is 1. The molecule has 0 saturated heterocycles. The van der Waals surface area contributed by atoms with Gasteiger partial charge in [-0.05, 0) is 36.8 Å². The predicted molar refractivity (Wildman–Crippen MR) is 99.8 cm³/mol. The summed E-state index contributed by atoms with van der Waals surface area (Å²) in [6.07, 6.45) is 0.908. The predicted octanol–water partition coefficient (Wildman–Crippen LogP) is 5.64. The van der Waals surface area contributed by atoms with Gasteiger partial charge in [-0.25, -0.2) is 4.98 Å². The van der Waals surface area contributed by atoms with Crippen LogP contribution in [-0.4, -0.2) is 17.5 Å². The molecule has 7 heteroatoms. The molecule has 1 aromatic heterocycles. The number of fused-ring (bicyclic) bond motifs is 1. The summed E-state index contributed by atoms with van der Waals surface area (Å²) in [7, 11) is 0. The van der Waals surface area contributed by atoms with Crippen LogP contribution >= 0.6 is 34.5 Å². The largest absolute Gasteiger partial charge is 0.494 e. The molecular weight excluding hydrogens is 367 g/mol. The lowest BCUT2D eigenvalue weighted by Crippen LogP contribution is -2.11. The van der Waals surface area contributed by atoms with E-state index < -0.39 is 0 Å². The van der Waals surface area contributed by atoms with Crippen molar-refractivity contribution < 1.29 is 9.53 Å². The Morgan fingerprint density at radius 1 is 1.29 bits per heavy atom. The first-order valence-corrected chi connectivity index (χ1v) is 8.94. The Bertz CT molecular complexity index is 895. The number of hydrogen-bond donors (Lipinski definition) is 1. The SMILES string of the molecule is CCCOc1cccc(C(=O)Nc2nc3c(Cl)c(Cl)ccc3s2)c1. The summed E-state index contributed by atoms with van der Waals surface area (Å²) in [6, 6.07) is 10.6. The fraction of sp³-hybridized carbons (Fsp3) is 0.176. The van der Waals surface area contributed by atoms with Crippen LogP contribution in [-0.2, 0) is 0 Å². The number of nitrogens with one attached hydrogen (secondary N) is 1. The minimum atomic E-state index is -0.252. The highest BCUT2D eigenvalue weighted by Crippen LogP contribution is 2.35. The molecule has 3 aromatic rings. The van der Waals surface area contributed by atoms with Gasteiger partial charge in [0, 0.05) is 5.56 Å². The van der Waals surface area contributed by atoms with E-state index in [1.165, 1.54) is 11.3 Å². The first-order chi connectivity index (χ1) is 11.6. The quantitative estimate of drug-likeness (QED) is 0.622. The number of halogens is 2. The summed E-state index contributed by atoms with van der Waals surface area (Å²) in [5, 5.41) is 4.09. The second kappa shape index (κ2) is 7.38. The minimum absolute atomic E-state index is 0.252. The molecular formula is C17H14Cl2N2O2S. The summed E-state index contributed by atoms with van der Waals surface area (Å²) in [6.45, 7) is 2.64. The molecule has 0 saturated carbocycles. The molecule has 0 radical (unpaired) electrons. The van der Waals surface area contributed by atoms with Crippen LogP contribution in [0.5, 0.6) is 5.75 Å². The average molecular weight is 381 g/mol. The molecule has 124 valence electrons. The highest BCUT2D eigenvalue weighted by molar-refractivity contribution is 7.22. The number of nitrogens with zero attached hydrogens (tertiary/aromatic N) is 1. The Balaban J connectivity index is 1.81.